The molecule has 0 spiro atoms. The van der Waals surface area contributed by atoms with Gasteiger partial charge in [0.2, 0.25) is 0 Å². The first kappa shape index (κ1) is 25.4. The van der Waals surface area contributed by atoms with Gasteiger partial charge in [-0.3, -0.25) is 9.59 Å². The summed E-state index contributed by atoms with van der Waals surface area (Å²) in [6.07, 6.45) is -14.5. The molecule has 170 valence electrons. The zero-order chi connectivity index (χ0) is 22.7. The van der Waals surface area contributed by atoms with Gasteiger partial charge in [0.25, 0.3) is 0 Å². The Morgan fingerprint density at radius 2 is 1.52 bits per heavy atom. The van der Waals surface area contributed by atoms with Crippen molar-refractivity contribution in [1.82, 2.24) is 0 Å². The molecule has 1 fully saturated rings. The smallest absolute Gasteiger partial charge is 0.438 e. The van der Waals surface area contributed by atoms with Crippen molar-refractivity contribution < 1.29 is 63.1 Å². The van der Waals surface area contributed by atoms with Crippen molar-refractivity contribution in [2.24, 2.45) is 5.41 Å². The SMILES string of the molecule is CCC1(COC(=O)CCC(=O)OC(CS(=O)(=O)[O-])(C(F)(F)F)C(F)(F)F)COC1. The fourth-order valence-electron chi connectivity index (χ4n) is 2.25. The number of ether oxygens (including phenoxy) is 3. The highest BCUT2D eigenvalue weighted by atomic mass is 32.2. The second-order valence-corrected chi connectivity index (χ2v) is 7.91. The van der Waals surface area contributed by atoms with Gasteiger partial charge in [0.1, 0.15) is 6.61 Å². The van der Waals surface area contributed by atoms with E-state index in [9.17, 15) is 48.9 Å². The van der Waals surface area contributed by atoms with E-state index in [1.54, 1.807) is 6.92 Å². The fraction of sp³-hybridized carbons (Fsp3) is 0.857. The highest BCUT2D eigenvalue weighted by molar-refractivity contribution is 7.85. The second-order valence-electron chi connectivity index (χ2n) is 6.51. The van der Waals surface area contributed by atoms with Crippen LogP contribution in [0.25, 0.3) is 0 Å². The highest BCUT2D eigenvalue weighted by Crippen LogP contribution is 2.47. The number of carbonyl (C=O) groups is 2. The van der Waals surface area contributed by atoms with Crippen LogP contribution in [0.4, 0.5) is 26.3 Å². The normalized spacial score (nSPS) is 17.4. The third-order valence-electron chi connectivity index (χ3n) is 4.22. The summed E-state index contributed by atoms with van der Waals surface area (Å²) in [4.78, 5) is 23.1. The Hall–Kier alpha value is -1.61. The van der Waals surface area contributed by atoms with E-state index in [4.69, 9.17) is 9.47 Å². The third-order valence-corrected chi connectivity index (χ3v) is 4.98. The summed E-state index contributed by atoms with van der Waals surface area (Å²) in [7, 11) is -6.12. The quantitative estimate of drug-likeness (QED) is 0.290. The van der Waals surface area contributed by atoms with E-state index in [0.717, 1.165) is 0 Å². The Balaban J connectivity index is 2.81. The van der Waals surface area contributed by atoms with Crippen LogP contribution in [0.5, 0.6) is 0 Å². The van der Waals surface area contributed by atoms with Crippen LogP contribution >= 0.6 is 0 Å². The van der Waals surface area contributed by atoms with E-state index in [1.807, 2.05) is 0 Å². The molecule has 0 N–H and O–H groups in total. The Morgan fingerprint density at radius 1 is 1.03 bits per heavy atom. The number of hydrogen-bond donors (Lipinski definition) is 0. The molecule has 1 aliphatic rings. The number of alkyl halides is 6. The molecule has 0 aromatic carbocycles. The highest BCUT2D eigenvalue weighted by Gasteiger charge is 2.75. The molecule has 0 aromatic heterocycles. The van der Waals surface area contributed by atoms with Gasteiger partial charge in [0, 0.05) is 0 Å². The molecule has 8 nitrogen and oxygen atoms in total. The molecule has 1 saturated heterocycles. The van der Waals surface area contributed by atoms with Crippen LogP contribution in [-0.2, 0) is 33.9 Å². The van der Waals surface area contributed by atoms with Gasteiger partial charge in [0.05, 0.1) is 47.3 Å². The van der Waals surface area contributed by atoms with Gasteiger partial charge in [-0.25, -0.2) is 8.42 Å². The van der Waals surface area contributed by atoms with Crippen LogP contribution in [0.2, 0.25) is 0 Å². The predicted octanol–water partition coefficient (Wildman–Crippen LogP) is 1.69. The summed E-state index contributed by atoms with van der Waals surface area (Å²) in [6.45, 7) is 2.25. The number of rotatable bonds is 9. The average Bonchev–Trinajstić information content (AvgIpc) is 2.48. The minimum Gasteiger partial charge on any atom is -0.748 e. The monoisotopic (exact) mass is 459 g/mol. The van der Waals surface area contributed by atoms with Crippen molar-refractivity contribution in [2.45, 2.75) is 44.1 Å². The lowest BCUT2D eigenvalue weighted by Crippen LogP contribution is -2.63. The lowest BCUT2D eigenvalue weighted by atomic mass is 9.84. The summed E-state index contributed by atoms with van der Waals surface area (Å²) in [6, 6.07) is 0. The van der Waals surface area contributed by atoms with Gasteiger partial charge < -0.3 is 18.8 Å². The zero-order valence-electron chi connectivity index (χ0n) is 14.9. The maximum absolute atomic E-state index is 13.0. The Kier molecular flexibility index (Phi) is 7.57. The third kappa shape index (κ3) is 6.44. The first-order valence-electron chi connectivity index (χ1n) is 7.99. The summed E-state index contributed by atoms with van der Waals surface area (Å²) in [5, 5.41) is 0. The van der Waals surface area contributed by atoms with Gasteiger partial charge in [-0.2, -0.15) is 26.3 Å². The molecule has 29 heavy (non-hydrogen) atoms. The first-order valence-corrected chi connectivity index (χ1v) is 9.57. The molecule has 0 bridgehead atoms. The van der Waals surface area contributed by atoms with E-state index in [2.05, 4.69) is 4.74 Å². The lowest BCUT2D eigenvalue weighted by Gasteiger charge is -2.39. The first-order chi connectivity index (χ1) is 13.0. The molecule has 0 saturated carbocycles. The van der Waals surface area contributed by atoms with Gasteiger partial charge in [0.15, 0.2) is 0 Å². The Bertz CT molecular complexity index is 691. The summed E-state index contributed by atoms with van der Waals surface area (Å²) < 4.78 is 123. The fourth-order valence-corrected chi connectivity index (χ4v) is 3.14. The minimum absolute atomic E-state index is 0.124. The largest absolute Gasteiger partial charge is 0.748 e. The molecule has 0 amide bonds. The summed E-state index contributed by atoms with van der Waals surface area (Å²) in [5.74, 6) is -6.37. The molecule has 0 atom stereocenters. The van der Waals surface area contributed by atoms with E-state index in [1.165, 1.54) is 0 Å². The molecule has 0 unspecified atom stereocenters. The Labute approximate surface area is 161 Å². The lowest BCUT2D eigenvalue weighted by molar-refractivity contribution is -0.361. The molecular weight excluding hydrogens is 442 g/mol. The van der Waals surface area contributed by atoms with Crippen molar-refractivity contribution in [3.63, 3.8) is 0 Å². The van der Waals surface area contributed by atoms with Crippen molar-refractivity contribution >= 4 is 22.1 Å². The molecule has 1 heterocycles. The second kappa shape index (κ2) is 8.63. The number of carbonyl (C=O) groups excluding carboxylic acids is 2. The van der Waals surface area contributed by atoms with E-state index in [-0.39, 0.29) is 6.61 Å². The Morgan fingerprint density at radius 3 is 1.86 bits per heavy atom. The number of halogens is 6. The summed E-state index contributed by atoms with van der Waals surface area (Å²) >= 11 is 0. The van der Waals surface area contributed by atoms with Gasteiger partial charge in [-0.1, -0.05) is 6.92 Å². The standard InChI is InChI=1S/C14H18F6O8S/c1-2-11(5-26-6-11)7-27-9(21)3-4-10(22)28-12(13(15,16)17,14(18,19)20)8-29(23,24)25/h2-8H2,1H3,(H,23,24,25)/p-1. The average molecular weight is 459 g/mol. The molecule has 0 aliphatic carbocycles. The van der Waals surface area contributed by atoms with Crippen LogP contribution in [-0.4, -0.2) is 68.4 Å². The molecule has 0 aromatic rings. The van der Waals surface area contributed by atoms with Crippen molar-refractivity contribution in [3.05, 3.63) is 0 Å². The van der Waals surface area contributed by atoms with E-state index < -0.39 is 64.0 Å². The van der Waals surface area contributed by atoms with Crippen LogP contribution < -0.4 is 0 Å². The van der Waals surface area contributed by atoms with Crippen LogP contribution in [0, 0.1) is 5.41 Å². The predicted molar refractivity (Wildman–Crippen MR) is 79.2 cm³/mol. The topological polar surface area (TPSA) is 119 Å². The molecular formula is C14H17F6O8S-. The van der Waals surface area contributed by atoms with Gasteiger partial charge >= 0.3 is 29.9 Å². The number of hydrogen-bond acceptors (Lipinski definition) is 8. The zero-order valence-corrected chi connectivity index (χ0v) is 15.7. The molecule has 0 radical (unpaired) electrons. The van der Waals surface area contributed by atoms with Crippen LogP contribution in [0.1, 0.15) is 26.2 Å². The molecule has 1 rings (SSSR count). The number of esters is 2. The van der Waals surface area contributed by atoms with Crippen molar-refractivity contribution in [3.8, 4) is 0 Å². The van der Waals surface area contributed by atoms with Gasteiger partial charge in [-0.15, -0.1) is 0 Å². The summed E-state index contributed by atoms with van der Waals surface area (Å²) in [5.41, 5.74) is -6.00. The molecule has 1 aliphatic heterocycles. The van der Waals surface area contributed by atoms with E-state index >= 15 is 0 Å². The van der Waals surface area contributed by atoms with Crippen LogP contribution in [0.15, 0.2) is 0 Å². The molecule has 15 heteroatoms. The maximum atomic E-state index is 13.0. The maximum Gasteiger partial charge on any atom is 0.438 e. The van der Waals surface area contributed by atoms with Crippen molar-refractivity contribution in [1.29, 1.82) is 0 Å². The van der Waals surface area contributed by atoms with E-state index in [0.29, 0.717) is 19.6 Å². The van der Waals surface area contributed by atoms with Gasteiger partial charge in [-0.05, 0) is 6.42 Å². The van der Waals surface area contributed by atoms with Crippen LogP contribution in [0.3, 0.4) is 0 Å². The minimum atomic E-state index is -6.46. The van der Waals surface area contributed by atoms with Crippen molar-refractivity contribution in [2.75, 3.05) is 25.6 Å².